The number of aromatic amines is 1. The zero-order chi connectivity index (χ0) is 76.0. The van der Waals surface area contributed by atoms with Crippen molar-refractivity contribution in [3.63, 3.8) is 0 Å². The molecule has 4 aromatic carbocycles. The van der Waals surface area contributed by atoms with E-state index in [1.54, 1.807) is 67.0 Å². The second-order valence-electron chi connectivity index (χ2n) is 30.9. The number of amides is 8. The number of nitro groups is 1. The van der Waals surface area contributed by atoms with Crippen molar-refractivity contribution in [2.45, 2.75) is 101 Å². The minimum absolute atomic E-state index is 0.0366. The van der Waals surface area contributed by atoms with Crippen LogP contribution in [-0.2, 0) is 19.2 Å². The van der Waals surface area contributed by atoms with E-state index in [2.05, 4.69) is 70.0 Å². The average molecular weight is 1490 g/mol. The van der Waals surface area contributed by atoms with E-state index in [4.69, 9.17) is 16.9 Å². The fourth-order valence-electron chi connectivity index (χ4n) is 18.1. The highest BCUT2D eigenvalue weighted by atomic mass is 16.6. The molecule has 8 fully saturated rings. The Bertz CT molecular complexity index is 4790. The first-order chi connectivity index (χ1) is 53.3. The van der Waals surface area contributed by atoms with E-state index in [1.165, 1.54) is 31.7 Å². The van der Waals surface area contributed by atoms with Crippen LogP contribution in [0.4, 0.5) is 40.1 Å². The molecule has 2 atom stereocenters. The molecule has 110 heavy (non-hydrogen) atoms. The van der Waals surface area contributed by atoms with Crippen molar-refractivity contribution in [1.29, 1.82) is 5.41 Å². The molecule has 17 rings (SSSR count). The zero-order valence-corrected chi connectivity index (χ0v) is 61.6. The average Bonchev–Trinajstić information content (AvgIpc) is 1.61. The lowest BCUT2D eigenvalue weighted by atomic mass is 9.92. The SMILES string of the molecule is N=C(c1ccnc(N2CCN(CC3CCN(C4CCN(c5ccc6c(c5)C(=O)N(C5CCC(=O)NC5=O)C6=O)CC4)CC3)CC2)c1)c1cc(N)ccc1N.O=C1CCC(N2C(=O)c3ccc(N4CCC(N5CCC(CN6CCN(c7cc(-c8n[nH]c9ccc([N+](=O)[O-])cc89)ccn7)CC6)CC5)CC4)cc3C2=O)C(=O)N1. The highest BCUT2D eigenvalue weighted by molar-refractivity contribution is 6.25. The summed E-state index contributed by atoms with van der Waals surface area (Å²) in [5, 5.41) is 32.8. The highest BCUT2D eigenvalue weighted by Crippen LogP contribution is 2.38. The van der Waals surface area contributed by atoms with Crippen LogP contribution in [0.5, 0.6) is 0 Å². The Kier molecular flexibility index (Phi) is 20.7. The van der Waals surface area contributed by atoms with E-state index in [1.807, 2.05) is 36.4 Å². The number of rotatable bonds is 16. The summed E-state index contributed by atoms with van der Waals surface area (Å²) in [6.45, 7) is 17.6. The summed E-state index contributed by atoms with van der Waals surface area (Å²) in [6, 6.07) is 27.7. The topological polar surface area (TPSA) is 367 Å². The van der Waals surface area contributed by atoms with Crippen LogP contribution in [0.25, 0.3) is 22.2 Å². The minimum atomic E-state index is -0.964. The summed E-state index contributed by atoms with van der Waals surface area (Å²) in [7, 11) is 0. The number of nitrogens with zero attached hydrogens (tertiary/aromatic N) is 14. The Morgan fingerprint density at radius 3 is 1.46 bits per heavy atom. The number of nitrogens with one attached hydrogen (secondary N) is 4. The maximum atomic E-state index is 13.3. The molecule has 0 aliphatic carbocycles. The number of hydrogen-bond donors (Lipinski definition) is 6. The van der Waals surface area contributed by atoms with Crippen molar-refractivity contribution in [2.24, 2.45) is 11.8 Å². The number of nitro benzene ring substituents is 1. The number of piperidine rings is 6. The highest BCUT2D eigenvalue weighted by Gasteiger charge is 2.47. The Balaban J connectivity index is 0.000000167. The summed E-state index contributed by atoms with van der Waals surface area (Å²) in [5.74, 6) is -0.722. The van der Waals surface area contributed by atoms with Crippen LogP contribution < -0.4 is 41.7 Å². The Morgan fingerprint density at radius 2 is 0.973 bits per heavy atom. The summed E-state index contributed by atoms with van der Waals surface area (Å²) in [5.41, 5.74) is 20.4. The van der Waals surface area contributed by atoms with Gasteiger partial charge in [0.05, 0.1) is 38.4 Å². The molecule has 10 aliphatic rings. The molecule has 7 aromatic rings. The molecule has 2 unspecified atom stereocenters. The summed E-state index contributed by atoms with van der Waals surface area (Å²) in [4.78, 5) is 143. The fraction of sp³-hybridized carbons (Fsp3) is 0.450. The normalized spacial score (nSPS) is 22.0. The summed E-state index contributed by atoms with van der Waals surface area (Å²) < 4.78 is 0. The van der Waals surface area contributed by atoms with Crippen molar-refractivity contribution in [1.82, 2.24) is 60.2 Å². The van der Waals surface area contributed by atoms with Crippen molar-refractivity contribution >= 4 is 104 Å². The maximum Gasteiger partial charge on any atom is 0.270 e. The van der Waals surface area contributed by atoms with Crippen LogP contribution in [0, 0.1) is 27.4 Å². The number of benzene rings is 4. The molecular formula is C80H92N20O10. The van der Waals surface area contributed by atoms with Gasteiger partial charge in [-0.2, -0.15) is 5.10 Å². The molecule has 10 aliphatic heterocycles. The third-order valence-electron chi connectivity index (χ3n) is 24.4. The second-order valence-corrected chi connectivity index (χ2v) is 30.9. The number of pyridine rings is 2. The van der Waals surface area contributed by atoms with Gasteiger partial charge in [0, 0.05) is 186 Å². The van der Waals surface area contributed by atoms with Gasteiger partial charge in [0.15, 0.2) is 0 Å². The number of piperazine rings is 2. The van der Waals surface area contributed by atoms with E-state index in [0.717, 1.165) is 193 Å². The first-order valence-corrected chi connectivity index (χ1v) is 38.8. The Labute approximate surface area is 636 Å². The standard InChI is InChI=1S/C40H44N10O6.C40H48N10O4/c51-36-6-5-34(38(52)42-36)49-39(53)30-3-1-28(22-31(30)40(49)54)47-15-10-27(11-16-47)46-13-8-25(9-14-46)24-45-17-19-48(20-18-45)35-21-26(7-12-41-35)37-32-23-29(50(55)56)2-4-33(32)43-44-37;41-27-1-4-33(42)32(22-27)37(43)26-7-12-44-35(21-26)49-19-17-46(18-20-49)24-25-8-13-47(14-9-25)28-10-15-48(16-11-28)29-2-3-30-31(23-29)40(54)50(39(30)53)34-5-6-36(51)45-38(34)52/h1-4,7,12,21-23,25,27,34H,5-6,8-11,13-20,24H2,(H,43,44)(H,42,51,52);1-4,7,12,21-23,25,28,34,43H,5-6,8-11,13-20,24,41-42H2,(H,45,51,52). The smallest absolute Gasteiger partial charge is 0.270 e. The van der Waals surface area contributed by atoms with Crippen LogP contribution in [0.2, 0.25) is 0 Å². The van der Waals surface area contributed by atoms with E-state index in [0.29, 0.717) is 79.9 Å². The third kappa shape index (κ3) is 15.0. The van der Waals surface area contributed by atoms with Gasteiger partial charge in [-0.25, -0.2) is 9.97 Å². The van der Waals surface area contributed by atoms with Gasteiger partial charge in [-0.05, 0) is 187 Å². The van der Waals surface area contributed by atoms with Gasteiger partial charge in [0.1, 0.15) is 29.4 Å². The van der Waals surface area contributed by atoms with Gasteiger partial charge in [-0.15, -0.1) is 0 Å². The molecule has 30 heteroatoms. The molecule has 0 radical (unpaired) electrons. The lowest BCUT2D eigenvalue weighted by Crippen LogP contribution is -2.54. The predicted octanol–water partition coefficient (Wildman–Crippen LogP) is 6.00. The summed E-state index contributed by atoms with van der Waals surface area (Å²) >= 11 is 0. The van der Waals surface area contributed by atoms with Crippen LogP contribution in [0.1, 0.15) is 130 Å². The molecule has 13 heterocycles. The van der Waals surface area contributed by atoms with Crippen molar-refractivity contribution in [3.8, 4) is 11.3 Å². The Morgan fingerprint density at radius 1 is 0.491 bits per heavy atom. The van der Waals surface area contributed by atoms with Crippen molar-refractivity contribution < 1.29 is 43.3 Å². The van der Waals surface area contributed by atoms with E-state index in [9.17, 15) is 48.5 Å². The predicted molar refractivity (Wildman–Crippen MR) is 414 cm³/mol. The van der Waals surface area contributed by atoms with Crippen molar-refractivity contribution in [2.75, 3.05) is 149 Å². The number of carbonyl (C=O) groups is 8. The van der Waals surface area contributed by atoms with Gasteiger partial charge in [0.2, 0.25) is 23.6 Å². The molecule has 8 N–H and O–H groups in total. The number of fused-ring (bicyclic) bond motifs is 3. The lowest BCUT2D eigenvalue weighted by Gasteiger charge is -2.43. The maximum absolute atomic E-state index is 13.3. The van der Waals surface area contributed by atoms with Crippen LogP contribution in [0.15, 0.2) is 109 Å². The molecule has 0 spiro atoms. The van der Waals surface area contributed by atoms with Crippen molar-refractivity contribution in [3.05, 3.63) is 153 Å². The summed E-state index contributed by atoms with van der Waals surface area (Å²) in [6.07, 6.45) is 13.0. The fourth-order valence-corrected chi connectivity index (χ4v) is 18.1. The van der Waals surface area contributed by atoms with E-state index in [-0.39, 0.29) is 48.1 Å². The number of H-pyrrole nitrogens is 1. The molecule has 8 saturated heterocycles. The molecule has 0 saturated carbocycles. The molecule has 30 nitrogen and oxygen atoms in total. The first-order valence-electron chi connectivity index (χ1n) is 38.8. The number of nitrogens with two attached hydrogens (primary N) is 2. The van der Waals surface area contributed by atoms with Gasteiger partial charge in [-0.1, -0.05) is 0 Å². The third-order valence-corrected chi connectivity index (χ3v) is 24.4. The van der Waals surface area contributed by atoms with E-state index >= 15 is 0 Å². The molecule has 3 aromatic heterocycles. The lowest BCUT2D eigenvalue weighted by molar-refractivity contribution is -0.384. The first kappa shape index (κ1) is 73.1. The van der Waals surface area contributed by atoms with Crippen LogP contribution in [0.3, 0.4) is 0 Å². The number of anilines is 6. The van der Waals surface area contributed by atoms with Gasteiger partial charge < -0.3 is 40.9 Å². The molecular weight excluding hydrogens is 1400 g/mol. The number of non-ortho nitro benzene ring substituents is 1. The number of nitrogen functional groups attached to an aromatic ring is 2. The quantitative estimate of drug-likeness (QED) is 0.0212. The minimum Gasteiger partial charge on any atom is -0.399 e. The monoisotopic (exact) mass is 1490 g/mol. The second kappa shape index (κ2) is 31.1. The largest absolute Gasteiger partial charge is 0.399 e. The van der Waals surface area contributed by atoms with Crippen LogP contribution >= 0.6 is 0 Å². The van der Waals surface area contributed by atoms with E-state index < -0.39 is 47.5 Å². The van der Waals surface area contributed by atoms with Crippen LogP contribution in [-0.4, -0.2) is 249 Å². The van der Waals surface area contributed by atoms with Gasteiger partial charge in [-0.3, -0.25) is 89.2 Å². The number of aromatic nitrogens is 4. The molecule has 0 bridgehead atoms. The molecule has 572 valence electrons. The number of hydrogen-bond acceptors (Lipinski definition) is 24. The Hall–Kier alpha value is -11.1. The zero-order valence-electron chi connectivity index (χ0n) is 61.6. The molecule has 8 amide bonds. The van der Waals surface area contributed by atoms with Gasteiger partial charge >= 0.3 is 0 Å². The number of likely N-dealkylation sites (tertiary alicyclic amines) is 2. The number of imide groups is 4. The number of carbonyl (C=O) groups excluding carboxylic acids is 8. The van der Waals surface area contributed by atoms with Gasteiger partial charge in [0.25, 0.3) is 29.3 Å².